The number of nitrogens with zero attached hydrogens (tertiary/aromatic N) is 1. The van der Waals surface area contributed by atoms with Crippen molar-refractivity contribution in [1.82, 2.24) is 4.31 Å². The average molecular weight is 382 g/mol. The number of ether oxygens (including phenoxy) is 1. The van der Waals surface area contributed by atoms with Gasteiger partial charge in [-0.2, -0.15) is 4.31 Å². The van der Waals surface area contributed by atoms with Crippen LogP contribution in [0.25, 0.3) is 0 Å². The molecule has 1 aromatic rings. The van der Waals surface area contributed by atoms with Crippen LogP contribution in [0.1, 0.15) is 26.7 Å². The summed E-state index contributed by atoms with van der Waals surface area (Å²) in [5, 5.41) is 0. The third-order valence-corrected chi connectivity index (χ3v) is 6.27. The van der Waals surface area contributed by atoms with Crippen molar-refractivity contribution in [2.45, 2.75) is 37.6 Å². The third kappa shape index (κ3) is 4.48. The van der Waals surface area contributed by atoms with E-state index in [0.717, 1.165) is 12.1 Å². The van der Waals surface area contributed by atoms with Crippen LogP contribution in [0.3, 0.4) is 0 Å². The normalized spacial score (nSPS) is 12.3. The number of hydrogen-bond acceptors (Lipinski definition) is 3. The minimum absolute atomic E-state index is 0.0758. The lowest BCUT2D eigenvalue weighted by atomic mass is 10.2. The van der Waals surface area contributed by atoms with Crippen molar-refractivity contribution in [2.75, 3.05) is 20.3 Å². The van der Waals surface area contributed by atoms with Crippen LogP contribution in [0.15, 0.2) is 27.6 Å². The Bertz CT molecular complexity index is 561. The first-order valence-corrected chi connectivity index (χ1v) is 9.07. The summed E-state index contributed by atoms with van der Waals surface area (Å²) < 4.78 is 45.6. The summed E-state index contributed by atoms with van der Waals surface area (Å²) in [6.07, 6.45) is 1.41. The molecule has 0 spiro atoms. The molecule has 0 aliphatic carbocycles. The summed E-state index contributed by atoms with van der Waals surface area (Å²) in [4.78, 5) is 0.0758. The molecule has 1 rings (SSSR count). The topological polar surface area (TPSA) is 46.6 Å². The van der Waals surface area contributed by atoms with Crippen molar-refractivity contribution < 1.29 is 17.5 Å². The third-order valence-electron chi connectivity index (χ3n) is 3.35. The molecule has 0 amide bonds. The molecular formula is C14H21BrFNO3S. The van der Waals surface area contributed by atoms with Crippen molar-refractivity contribution in [1.29, 1.82) is 0 Å². The predicted octanol–water partition coefficient (Wildman–Crippen LogP) is 3.41. The predicted molar refractivity (Wildman–Crippen MR) is 84.2 cm³/mol. The van der Waals surface area contributed by atoms with Crippen LogP contribution in [0.4, 0.5) is 4.39 Å². The van der Waals surface area contributed by atoms with E-state index < -0.39 is 15.8 Å². The molecule has 0 aliphatic heterocycles. The number of benzene rings is 1. The van der Waals surface area contributed by atoms with Crippen LogP contribution >= 0.6 is 15.9 Å². The van der Waals surface area contributed by atoms with Gasteiger partial charge in [-0.15, -0.1) is 0 Å². The van der Waals surface area contributed by atoms with E-state index in [1.807, 2.05) is 13.8 Å². The van der Waals surface area contributed by atoms with Gasteiger partial charge in [0.15, 0.2) is 0 Å². The van der Waals surface area contributed by atoms with E-state index in [1.165, 1.54) is 17.5 Å². The van der Waals surface area contributed by atoms with Crippen LogP contribution in [0, 0.1) is 5.82 Å². The molecule has 0 fully saturated rings. The number of methoxy groups -OCH3 is 1. The molecule has 120 valence electrons. The molecule has 0 bridgehead atoms. The molecule has 0 N–H and O–H groups in total. The second kappa shape index (κ2) is 8.22. The van der Waals surface area contributed by atoms with Crippen LogP contribution in [-0.2, 0) is 14.8 Å². The van der Waals surface area contributed by atoms with Crippen molar-refractivity contribution in [3.05, 3.63) is 28.5 Å². The van der Waals surface area contributed by atoms with E-state index in [1.54, 1.807) is 0 Å². The molecule has 1 aromatic carbocycles. The molecule has 7 heteroatoms. The highest BCUT2D eigenvalue weighted by atomic mass is 79.9. The molecule has 0 saturated heterocycles. The van der Waals surface area contributed by atoms with E-state index in [2.05, 4.69) is 15.9 Å². The molecule has 0 saturated carbocycles. The molecular weight excluding hydrogens is 361 g/mol. The molecule has 0 radical (unpaired) electrons. The first kappa shape index (κ1) is 18.5. The van der Waals surface area contributed by atoms with Gasteiger partial charge in [0, 0.05) is 24.2 Å². The fourth-order valence-electron chi connectivity index (χ4n) is 2.19. The molecule has 0 aliphatic rings. The van der Waals surface area contributed by atoms with Crippen molar-refractivity contribution in [3.8, 4) is 0 Å². The van der Waals surface area contributed by atoms with Crippen molar-refractivity contribution >= 4 is 26.0 Å². The van der Waals surface area contributed by atoms with E-state index in [9.17, 15) is 12.8 Å². The number of sulfonamides is 1. The zero-order valence-electron chi connectivity index (χ0n) is 12.5. The molecule has 0 aromatic heterocycles. The highest BCUT2D eigenvalue weighted by molar-refractivity contribution is 9.10. The molecule has 0 unspecified atom stereocenters. The largest absolute Gasteiger partial charge is 0.383 e. The lowest BCUT2D eigenvalue weighted by molar-refractivity contribution is 0.163. The monoisotopic (exact) mass is 381 g/mol. The van der Waals surface area contributed by atoms with Gasteiger partial charge in [-0.25, -0.2) is 12.8 Å². The smallest absolute Gasteiger partial charge is 0.244 e. The van der Waals surface area contributed by atoms with Crippen LogP contribution in [0.5, 0.6) is 0 Å². The fourth-order valence-corrected chi connectivity index (χ4v) is 4.96. The van der Waals surface area contributed by atoms with Crippen LogP contribution in [-0.4, -0.2) is 39.0 Å². The summed E-state index contributed by atoms with van der Waals surface area (Å²) in [5.41, 5.74) is 0. The SMILES string of the molecule is CCC(CC)N(CCOC)S(=O)(=O)c1ccc(F)cc1Br. The van der Waals surface area contributed by atoms with Crippen molar-refractivity contribution in [2.24, 2.45) is 0 Å². The van der Waals surface area contributed by atoms with Gasteiger partial charge in [0.1, 0.15) is 5.82 Å². The second-order valence-electron chi connectivity index (χ2n) is 4.65. The highest BCUT2D eigenvalue weighted by Gasteiger charge is 2.31. The Morgan fingerprint density at radius 1 is 1.33 bits per heavy atom. The minimum Gasteiger partial charge on any atom is -0.383 e. The summed E-state index contributed by atoms with van der Waals surface area (Å²) in [6, 6.07) is 3.49. The first-order chi connectivity index (χ1) is 9.88. The van der Waals surface area contributed by atoms with Gasteiger partial charge in [-0.05, 0) is 47.0 Å². The summed E-state index contributed by atoms with van der Waals surface area (Å²) in [7, 11) is -2.17. The minimum atomic E-state index is -3.70. The van der Waals surface area contributed by atoms with E-state index in [4.69, 9.17) is 4.74 Å². The zero-order valence-corrected chi connectivity index (χ0v) is 14.9. The van der Waals surface area contributed by atoms with Gasteiger partial charge in [0.25, 0.3) is 0 Å². The van der Waals surface area contributed by atoms with Gasteiger partial charge in [-0.3, -0.25) is 0 Å². The maximum atomic E-state index is 13.2. The Hall–Kier alpha value is -0.500. The van der Waals surface area contributed by atoms with Gasteiger partial charge in [-0.1, -0.05) is 13.8 Å². The number of rotatable bonds is 8. The Labute approximate surface area is 134 Å². The molecule has 4 nitrogen and oxygen atoms in total. The summed E-state index contributed by atoms with van der Waals surface area (Å²) in [5.74, 6) is -0.480. The summed E-state index contributed by atoms with van der Waals surface area (Å²) >= 11 is 3.14. The van der Waals surface area contributed by atoms with Gasteiger partial charge in [0.2, 0.25) is 10.0 Å². The van der Waals surface area contributed by atoms with E-state index in [-0.39, 0.29) is 22.0 Å². The van der Waals surface area contributed by atoms with Gasteiger partial charge < -0.3 is 4.74 Å². The van der Waals surface area contributed by atoms with Crippen LogP contribution < -0.4 is 0 Å². The molecule has 0 atom stereocenters. The van der Waals surface area contributed by atoms with Gasteiger partial charge in [0.05, 0.1) is 11.5 Å². The lowest BCUT2D eigenvalue weighted by Crippen LogP contribution is -2.41. The molecule has 21 heavy (non-hydrogen) atoms. The second-order valence-corrected chi connectivity index (χ2v) is 7.37. The Morgan fingerprint density at radius 2 is 1.95 bits per heavy atom. The van der Waals surface area contributed by atoms with Crippen molar-refractivity contribution in [3.63, 3.8) is 0 Å². The first-order valence-electron chi connectivity index (χ1n) is 6.84. The lowest BCUT2D eigenvalue weighted by Gasteiger charge is -2.29. The zero-order chi connectivity index (χ0) is 16.0. The Balaban J connectivity index is 3.25. The van der Waals surface area contributed by atoms with E-state index >= 15 is 0 Å². The van der Waals surface area contributed by atoms with Gasteiger partial charge >= 0.3 is 0 Å². The molecule has 0 heterocycles. The number of hydrogen-bond donors (Lipinski definition) is 0. The Morgan fingerprint density at radius 3 is 2.43 bits per heavy atom. The fraction of sp³-hybridized carbons (Fsp3) is 0.571. The van der Waals surface area contributed by atoms with Crippen LogP contribution in [0.2, 0.25) is 0 Å². The quantitative estimate of drug-likeness (QED) is 0.692. The average Bonchev–Trinajstić information content (AvgIpc) is 2.42. The number of halogens is 2. The standard InChI is InChI=1S/C14H21BrFNO3S/c1-4-12(5-2)17(8-9-20-3)21(18,19)14-7-6-11(16)10-13(14)15/h6-7,10,12H,4-5,8-9H2,1-3H3. The maximum Gasteiger partial charge on any atom is 0.244 e. The summed E-state index contributed by atoms with van der Waals surface area (Å²) in [6.45, 7) is 4.48. The Kier molecular flexibility index (Phi) is 7.26. The highest BCUT2D eigenvalue weighted by Crippen LogP contribution is 2.28. The maximum absolute atomic E-state index is 13.2. The van der Waals surface area contributed by atoms with E-state index in [0.29, 0.717) is 19.4 Å².